The molecule has 0 radical (unpaired) electrons. The van der Waals surface area contributed by atoms with Gasteiger partial charge in [0.1, 0.15) is 5.82 Å². The maximum Gasteiger partial charge on any atom is 0.244 e. The molecule has 1 atom stereocenters. The Morgan fingerprint density at radius 1 is 1.21 bits per heavy atom. The number of rotatable bonds is 5. The first kappa shape index (κ1) is 16.7. The lowest BCUT2D eigenvalue weighted by Gasteiger charge is -2.20. The molecular weight excluding hydrogens is 325 g/mol. The van der Waals surface area contributed by atoms with Crippen molar-refractivity contribution in [2.75, 3.05) is 0 Å². The lowest BCUT2D eigenvalue weighted by atomic mass is 9.98. The van der Waals surface area contributed by atoms with Crippen LogP contribution in [0.2, 0.25) is 5.02 Å². The van der Waals surface area contributed by atoms with Crippen LogP contribution in [0.1, 0.15) is 36.9 Å². The third kappa shape index (κ3) is 4.04. The quantitative estimate of drug-likeness (QED) is 0.757. The van der Waals surface area contributed by atoms with Gasteiger partial charge in [0.2, 0.25) is 5.91 Å². The highest BCUT2D eigenvalue weighted by Gasteiger charge is 2.24. The molecule has 2 nitrogen and oxygen atoms in total. The zero-order chi connectivity index (χ0) is 17.1. The molecule has 4 heteroatoms. The molecule has 1 aliphatic rings. The second kappa shape index (κ2) is 7.18. The summed E-state index contributed by atoms with van der Waals surface area (Å²) in [6, 6.07) is 13.0. The van der Waals surface area contributed by atoms with Crippen molar-refractivity contribution < 1.29 is 9.18 Å². The Kier molecular flexibility index (Phi) is 5.00. The van der Waals surface area contributed by atoms with Crippen molar-refractivity contribution in [1.82, 2.24) is 5.32 Å². The number of allylic oxidation sites excluding steroid dienone is 1. The van der Waals surface area contributed by atoms with Crippen LogP contribution in [0.25, 0.3) is 0 Å². The van der Waals surface area contributed by atoms with Crippen LogP contribution in [0.3, 0.4) is 0 Å². The van der Waals surface area contributed by atoms with Gasteiger partial charge in [-0.15, -0.1) is 0 Å². The Morgan fingerprint density at radius 3 is 2.50 bits per heavy atom. The molecule has 1 N–H and O–H groups in total. The van der Waals surface area contributed by atoms with E-state index in [1.165, 1.54) is 12.1 Å². The van der Waals surface area contributed by atoms with E-state index in [0.29, 0.717) is 10.9 Å². The molecular formula is C20H19ClFNO. The molecule has 1 fully saturated rings. The van der Waals surface area contributed by atoms with Crippen molar-refractivity contribution in [2.45, 2.75) is 25.8 Å². The number of hydrogen-bond donors (Lipinski definition) is 1. The third-order valence-electron chi connectivity index (χ3n) is 4.29. The van der Waals surface area contributed by atoms with E-state index in [1.807, 2.05) is 25.1 Å². The second-order valence-electron chi connectivity index (χ2n) is 6.18. The normalized spacial score (nSPS) is 15.9. The largest absolute Gasteiger partial charge is 0.342 e. The minimum Gasteiger partial charge on any atom is -0.342 e. The van der Waals surface area contributed by atoms with Crippen LogP contribution in [-0.4, -0.2) is 5.91 Å². The Hall–Kier alpha value is -2.13. The zero-order valence-electron chi connectivity index (χ0n) is 13.4. The molecule has 1 unspecified atom stereocenters. The summed E-state index contributed by atoms with van der Waals surface area (Å²) < 4.78 is 13.2. The van der Waals surface area contributed by atoms with Gasteiger partial charge in [0, 0.05) is 11.1 Å². The number of nitrogens with one attached hydrogen (secondary N) is 1. The molecule has 3 rings (SSSR count). The van der Waals surface area contributed by atoms with E-state index >= 15 is 0 Å². The fourth-order valence-corrected chi connectivity index (χ4v) is 3.00. The Labute approximate surface area is 146 Å². The van der Waals surface area contributed by atoms with Gasteiger partial charge in [-0.05, 0) is 55.0 Å². The average Bonchev–Trinajstić information content (AvgIpc) is 3.39. The van der Waals surface area contributed by atoms with Gasteiger partial charge in [0.25, 0.3) is 0 Å². The number of amides is 1. The molecule has 124 valence electrons. The van der Waals surface area contributed by atoms with E-state index in [9.17, 15) is 9.18 Å². The molecule has 24 heavy (non-hydrogen) atoms. The van der Waals surface area contributed by atoms with Gasteiger partial charge >= 0.3 is 0 Å². The van der Waals surface area contributed by atoms with E-state index in [4.69, 9.17) is 11.6 Å². The topological polar surface area (TPSA) is 29.1 Å². The van der Waals surface area contributed by atoms with Crippen molar-refractivity contribution in [3.8, 4) is 0 Å². The molecule has 0 aliphatic heterocycles. The SMILES string of the molecule is C/C(=C\C(=O)NC(c1ccc(F)cc1)c1ccccc1Cl)C1CC1. The number of benzene rings is 2. The number of halogens is 2. The fourth-order valence-electron chi connectivity index (χ4n) is 2.75. The molecule has 0 saturated heterocycles. The van der Waals surface area contributed by atoms with E-state index in [1.54, 1.807) is 24.3 Å². The van der Waals surface area contributed by atoms with E-state index in [0.717, 1.165) is 29.5 Å². The van der Waals surface area contributed by atoms with Gasteiger partial charge in [-0.2, -0.15) is 0 Å². The molecule has 0 aromatic heterocycles. The molecule has 1 saturated carbocycles. The van der Waals surface area contributed by atoms with E-state index in [-0.39, 0.29) is 11.7 Å². The van der Waals surface area contributed by atoms with Crippen molar-refractivity contribution in [3.63, 3.8) is 0 Å². The highest BCUT2D eigenvalue weighted by Crippen LogP contribution is 2.36. The predicted octanol–water partition coefficient (Wildman–Crippen LogP) is 5.04. The fraction of sp³-hybridized carbons (Fsp3) is 0.250. The van der Waals surface area contributed by atoms with Crippen LogP contribution in [0.4, 0.5) is 4.39 Å². The van der Waals surface area contributed by atoms with E-state index in [2.05, 4.69) is 5.32 Å². The van der Waals surface area contributed by atoms with Crippen molar-refractivity contribution in [3.05, 3.63) is 82.1 Å². The summed E-state index contributed by atoms with van der Waals surface area (Å²) in [5.41, 5.74) is 2.68. The van der Waals surface area contributed by atoms with Crippen LogP contribution >= 0.6 is 11.6 Å². The average molecular weight is 344 g/mol. The summed E-state index contributed by atoms with van der Waals surface area (Å²) >= 11 is 6.31. The minimum absolute atomic E-state index is 0.159. The lowest BCUT2D eigenvalue weighted by Crippen LogP contribution is -2.28. The summed E-state index contributed by atoms with van der Waals surface area (Å²) in [6.07, 6.45) is 3.97. The van der Waals surface area contributed by atoms with Gasteiger partial charge in [-0.25, -0.2) is 4.39 Å². The number of carbonyl (C=O) groups is 1. The van der Waals surface area contributed by atoms with E-state index < -0.39 is 6.04 Å². The third-order valence-corrected chi connectivity index (χ3v) is 4.63. The number of hydrogen-bond acceptors (Lipinski definition) is 1. The van der Waals surface area contributed by atoms with Gasteiger partial charge in [-0.3, -0.25) is 4.79 Å². The summed E-state index contributed by atoms with van der Waals surface area (Å²) in [6.45, 7) is 1.99. The van der Waals surface area contributed by atoms with Crippen molar-refractivity contribution in [2.24, 2.45) is 5.92 Å². The molecule has 0 heterocycles. The summed E-state index contributed by atoms with van der Waals surface area (Å²) in [4.78, 5) is 12.4. The highest BCUT2D eigenvalue weighted by atomic mass is 35.5. The molecule has 1 amide bonds. The maximum absolute atomic E-state index is 13.2. The van der Waals surface area contributed by atoms with Gasteiger partial charge in [0.15, 0.2) is 0 Å². The van der Waals surface area contributed by atoms with Crippen LogP contribution in [-0.2, 0) is 4.79 Å². The maximum atomic E-state index is 13.2. The Morgan fingerprint density at radius 2 is 1.88 bits per heavy atom. The first-order valence-corrected chi connectivity index (χ1v) is 8.41. The van der Waals surface area contributed by atoms with Gasteiger partial charge < -0.3 is 5.32 Å². The van der Waals surface area contributed by atoms with Crippen LogP contribution in [0.15, 0.2) is 60.2 Å². The standard InChI is InChI=1S/C20H19ClFNO/c1-13(14-6-7-14)12-19(24)23-20(15-8-10-16(22)11-9-15)17-4-2-3-5-18(17)21/h2-5,8-12,14,20H,6-7H2,1H3,(H,23,24)/b13-12+. The second-order valence-corrected chi connectivity index (χ2v) is 6.58. The smallest absolute Gasteiger partial charge is 0.244 e. The van der Waals surface area contributed by atoms with Gasteiger partial charge in [0.05, 0.1) is 6.04 Å². The summed E-state index contributed by atoms with van der Waals surface area (Å²) in [7, 11) is 0. The lowest BCUT2D eigenvalue weighted by molar-refractivity contribution is -0.117. The van der Waals surface area contributed by atoms with Crippen LogP contribution in [0.5, 0.6) is 0 Å². The molecule has 1 aliphatic carbocycles. The Balaban J connectivity index is 1.90. The molecule has 2 aromatic rings. The molecule has 0 bridgehead atoms. The first-order valence-electron chi connectivity index (χ1n) is 8.03. The molecule has 0 spiro atoms. The van der Waals surface area contributed by atoms with Gasteiger partial charge in [-0.1, -0.05) is 47.5 Å². The summed E-state index contributed by atoms with van der Waals surface area (Å²) in [5.74, 6) is 0.0708. The Bertz CT molecular complexity index is 765. The van der Waals surface area contributed by atoms with Crippen molar-refractivity contribution in [1.29, 1.82) is 0 Å². The van der Waals surface area contributed by atoms with Crippen LogP contribution < -0.4 is 5.32 Å². The summed E-state index contributed by atoms with van der Waals surface area (Å²) in [5, 5.41) is 3.57. The first-order chi connectivity index (χ1) is 11.5. The molecule has 2 aromatic carbocycles. The van der Waals surface area contributed by atoms with Crippen molar-refractivity contribution >= 4 is 17.5 Å². The number of carbonyl (C=O) groups excluding carboxylic acids is 1. The monoisotopic (exact) mass is 343 g/mol. The minimum atomic E-state index is -0.421. The predicted molar refractivity (Wildman–Crippen MR) is 94.3 cm³/mol. The zero-order valence-corrected chi connectivity index (χ0v) is 14.2. The van der Waals surface area contributed by atoms with Crippen LogP contribution in [0, 0.1) is 11.7 Å². The highest BCUT2D eigenvalue weighted by molar-refractivity contribution is 6.31.